The van der Waals surface area contributed by atoms with Gasteiger partial charge in [0.05, 0.1) is 6.33 Å². The predicted octanol–water partition coefficient (Wildman–Crippen LogP) is 2.99. The zero-order valence-corrected chi connectivity index (χ0v) is 12.4. The monoisotopic (exact) mass is 321 g/mol. The number of halogens is 2. The molecule has 0 aromatic carbocycles. The molecule has 1 rings (SSSR count). The van der Waals surface area contributed by atoms with E-state index in [1.165, 1.54) is 6.33 Å². The highest BCUT2D eigenvalue weighted by atomic mass is 79.9. The van der Waals surface area contributed by atoms with E-state index >= 15 is 0 Å². The molecule has 0 atom stereocenters. The van der Waals surface area contributed by atoms with E-state index in [1.807, 2.05) is 0 Å². The Hall–Kier alpha value is -0.550. The summed E-state index contributed by atoms with van der Waals surface area (Å²) in [6, 6.07) is 0. The lowest BCUT2D eigenvalue weighted by molar-refractivity contribution is 0.355. The average Bonchev–Trinajstić information content (AvgIpc) is 2.29. The fraction of sp³-hybridized carbons (Fsp3) is 0.636. The van der Waals surface area contributed by atoms with E-state index in [0.717, 1.165) is 19.4 Å². The van der Waals surface area contributed by atoms with Gasteiger partial charge in [0.25, 0.3) is 5.56 Å². The summed E-state index contributed by atoms with van der Waals surface area (Å²) >= 11 is 8.90. The van der Waals surface area contributed by atoms with Gasteiger partial charge in [-0.15, -0.1) is 11.6 Å². The molecule has 0 fully saturated rings. The van der Waals surface area contributed by atoms with Crippen molar-refractivity contribution in [2.24, 2.45) is 5.41 Å². The lowest BCUT2D eigenvalue weighted by Crippen LogP contribution is -2.24. The van der Waals surface area contributed by atoms with Crippen molar-refractivity contribution < 1.29 is 0 Å². The van der Waals surface area contributed by atoms with Crippen LogP contribution in [0.4, 0.5) is 5.82 Å². The maximum absolute atomic E-state index is 11.3. The fourth-order valence-corrected chi connectivity index (χ4v) is 1.95. The van der Waals surface area contributed by atoms with Gasteiger partial charge in [0.2, 0.25) is 0 Å². The molecule has 0 aliphatic rings. The first-order valence-electron chi connectivity index (χ1n) is 5.49. The van der Waals surface area contributed by atoms with Crippen molar-refractivity contribution >= 4 is 33.3 Å². The van der Waals surface area contributed by atoms with Crippen molar-refractivity contribution in [1.29, 1.82) is 0 Å². The molecule has 1 aromatic heterocycles. The second kappa shape index (κ2) is 6.40. The van der Waals surface area contributed by atoms with Crippen molar-refractivity contribution in [3.05, 3.63) is 21.2 Å². The molecular formula is C11H17BrClN3O. The van der Waals surface area contributed by atoms with Crippen molar-refractivity contribution in [2.75, 3.05) is 17.7 Å². The van der Waals surface area contributed by atoms with Crippen LogP contribution in [0.3, 0.4) is 0 Å². The Morgan fingerprint density at radius 3 is 2.94 bits per heavy atom. The summed E-state index contributed by atoms with van der Waals surface area (Å²) < 4.78 is 0.438. The molecule has 0 saturated heterocycles. The molecule has 96 valence electrons. The maximum Gasteiger partial charge on any atom is 0.267 e. The minimum atomic E-state index is -0.180. The molecule has 0 amide bonds. The second-order valence-corrected chi connectivity index (χ2v) is 5.88. The molecule has 4 nitrogen and oxygen atoms in total. The smallest absolute Gasteiger partial charge is 0.267 e. The maximum atomic E-state index is 11.3. The van der Waals surface area contributed by atoms with Crippen LogP contribution >= 0.6 is 27.5 Å². The van der Waals surface area contributed by atoms with Crippen LogP contribution in [0, 0.1) is 5.41 Å². The molecule has 6 heteroatoms. The van der Waals surface area contributed by atoms with Gasteiger partial charge in [0.1, 0.15) is 10.3 Å². The highest BCUT2D eigenvalue weighted by molar-refractivity contribution is 9.10. The number of hydrogen-bond acceptors (Lipinski definition) is 3. The zero-order chi connectivity index (χ0) is 12.9. The van der Waals surface area contributed by atoms with Crippen molar-refractivity contribution in [1.82, 2.24) is 9.97 Å². The van der Waals surface area contributed by atoms with E-state index in [0.29, 0.717) is 16.2 Å². The normalized spacial score (nSPS) is 11.5. The SMILES string of the molecule is CC(C)(CCCCl)CNc1nc[nH]c(=O)c1Br. The number of alkyl halides is 1. The molecule has 1 aromatic rings. The van der Waals surface area contributed by atoms with E-state index < -0.39 is 0 Å². The van der Waals surface area contributed by atoms with Crippen molar-refractivity contribution in [2.45, 2.75) is 26.7 Å². The average molecular weight is 323 g/mol. The highest BCUT2D eigenvalue weighted by Crippen LogP contribution is 2.24. The Morgan fingerprint density at radius 1 is 1.59 bits per heavy atom. The van der Waals surface area contributed by atoms with Gasteiger partial charge >= 0.3 is 0 Å². The van der Waals surface area contributed by atoms with E-state index in [4.69, 9.17) is 11.6 Å². The third kappa shape index (κ3) is 4.68. The van der Waals surface area contributed by atoms with Gasteiger partial charge in [0, 0.05) is 12.4 Å². The van der Waals surface area contributed by atoms with Gasteiger partial charge < -0.3 is 10.3 Å². The zero-order valence-electron chi connectivity index (χ0n) is 10.0. The van der Waals surface area contributed by atoms with E-state index in [1.54, 1.807) is 0 Å². The summed E-state index contributed by atoms with van der Waals surface area (Å²) in [7, 11) is 0. The molecule has 0 aliphatic heterocycles. The summed E-state index contributed by atoms with van der Waals surface area (Å²) in [6.45, 7) is 5.07. The van der Waals surface area contributed by atoms with Gasteiger partial charge in [-0.05, 0) is 34.2 Å². The number of nitrogens with zero attached hydrogens (tertiary/aromatic N) is 1. The van der Waals surface area contributed by atoms with Crippen LogP contribution in [0.1, 0.15) is 26.7 Å². The second-order valence-electron chi connectivity index (χ2n) is 4.70. The third-order valence-electron chi connectivity index (χ3n) is 2.52. The predicted molar refractivity (Wildman–Crippen MR) is 74.8 cm³/mol. The topological polar surface area (TPSA) is 57.8 Å². The molecule has 0 bridgehead atoms. The lowest BCUT2D eigenvalue weighted by Gasteiger charge is -2.25. The minimum absolute atomic E-state index is 0.124. The summed E-state index contributed by atoms with van der Waals surface area (Å²) in [5.41, 5.74) is -0.0559. The van der Waals surface area contributed by atoms with Gasteiger partial charge in [-0.3, -0.25) is 4.79 Å². The number of hydrogen-bond donors (Lipinski definition) is 2. The number of nitrogens with one attached hydrogen (secondary N) is 2. The number of anilines is 1. The Morgan fingerprint density at radius 2 is 2.29 bits per heavy atom. The Balaban J connectivity index is 2.61. The molecular weight excluding hydrogens is 305 g/mol. The molecule has 0 aliphatic carbocycles. The standard InChI is InChI=1S/C11H17BrClN3O/c1-11(2,4-3-5-13)6-14-9-8(12)10(17)16-7-15-9/h7H,3-6H2,1-2H3,(H2,14,15,16,17). The van der Waals surface area contributed by atoms with E-state index in [2.05, 4.69) is 45.1 Å². The Labute approximate surface area is 114 Å². The van der Waals surface area contributed by atoms with Crippen LogP contribution in [0.15, 0.2) is 15.6 Å². The van der Waals surface area contributed by atoms with Crippen LogP contribution in [0.5, 0.6) is 0 Å². The quantitative estimate of drug-likeness (QED) is 0.792. The van der Waals surface area contributed by atoms with Crippen molar-refractivity contribution in [3.63, 3.8) is 0 Å². The molecule has 0 saturated carbocycles. The highest BCUT2D eigenvalue weighted by Gasteiger charge is 2.18. The Kier molecular flexibility index (Phi) is 5.46. The summed E-state index contributed by atoms with van der Waals surface area (Å²) in [5, 5.41) is 3.18. The van der Waals surface area contributed by atoms with E-state index in [9.17, 15) is 4.79 Å². The van der Waals surface area contributed by atoms with Crippen LogP contribution in [0.2, 0.25) is 0 Å². The van der Waals surface area contributed by atoms with Crippen LogP contribution in [-0.2, 0) is 0 Å². The fourth-order valence-electron chi connectivity index (χ4n) is 1.46. The molecule has 1 heterocycles. The minimum Gasteiger partial charge on any atom is -0.368 e. The van der Waals surface area contributed by atoms with Gasteiger partial charge in [0.15, 0.2) is 0 Å². The number of H-pyrrole nitrogens is 1. The van der Waals surface area contributed by atoms with Crippen LogP contribution in [0.25, 0.3) is 0 Å². The third-order valence-corrected chi connectivity index (χ3v) is 3.52. The van der Waals surface area contributed by atoms with Crippen LogP contribution < -0.4 is 10.9 Å². The summed E-state index contributed by atoms with van der Waals surface area (Å²) in [6.07, 6.45) is 3.41. The van der Waals surface area contributed by atoms with Crippen LogP contribution in [-0.4, -0.2) is 22.4 Å². The van der Waals surface area contributed by atoms with E-state index in [-0.39, 0.29) is 11.0 Å². The van der Waals surface area contributed by atoms with Gasteiger partial charge in [-0.1, -0.05) is 13.8 Å². The molecule has 17 heavy (non-hydrogen) atoms. The molecule has 2 N–H and O–H groups in total. The first kappa shape index (κ1) is 14.5. The lowest BCUT2D eigenvalue weighted by atomic mass is 9.88. The number of rotatable bonds is 6. The molecule has 0 radical (unpaired) electrons. The van der Waals surface area contributed by atoms with Crippen molar-refractivity contribution in [3.8, 4) is 0 Å². The Bertz CT molecular complexity index is 419. The molecule has 0 spiro atoms. The number of aromatic amines is 1. The first-order chi connectivity index (χ1) is 7.96. The van der Waals surface area contributed by atoms with Gasteiger partial charge in [-0.2, -0.15) is 0 Å². The largest absolute Gasteiger partial charge is 0.368 e. The summed E-state index contributed by atoms with van der Waals surface area (Å²) in [5.74, 6) is 1.25. The first-order valence-corrected chi connectivity index (χ1v) is 6.82. The summed E-state index contributed by atoms with van der Waals surface area (Å²) in [4.78, 5) is 17.9. The van der Waals surface area contributed by atoms with Gasteiger partial charge in [-0.25, -0.2) is 4.98 Å². The molecule has 0 unspecified atom stereocenters. The number of aromatic nitrogens is 2.